The Hall–Kier alpha value is -0.0300. The van der Waals surface area contributed by atoms with E-state index < -0.39 is 9.06 Å². The van der Waals surface area contributed by atoms with Gasteiger partial charge in [-0.3, -0.25) is 0 Å². The molecule has 4 unspecified atom stereocenters. The van der Waals surface area contributed by atoms with Gasteiger partial charge in [0, 0.05) is 17.5 Å². The second-order valence-corrected chi connectivity index (χ2v) is 13.6. The predicted molar refractivity (Wildman–Crippen MR) is 81.5 cm³/mol. The van der Waals surface area contributed by atoms with Crippen molar-refractivity contribution in [2.45, 2.75) is 37.0 Å². The lowest BCUT2D eigenvalue weighted by Crippen LogP contribution is -2.51. The molecule has 1 aliphatic carbocycles. The first-order chi connectivity index (χ1) is 8.45. The first-order valence-corrected chi connectivity index (χ1v) is 10.9. The number of carbonyl (C=O) groups is 1. The molecule has 0 bridgehead atoms. The quantitative estimate of drug-likeness (QED) is 0.673. The van der Waals surface area contributed by atoms with Gasteiger partial charge in [-0.05, 0) is 43.6 Å². The molecule has 0 aromatic rings. The van der Waals surface area contributed by atoms with E-state index in [0.29, 0.717) is 5.92 Å². The molecule has 4 atom stereocenters. The van der Waals surface area contributed by atoms with E-state index in [1.54, 1.807) is 0 Å². The maximum absolute atomic E-state index is 11.6. The molecule has 2 heterocycles. The van der Waals surface area contributed by atoms with E-state index in [2.05, 4.69) is 40.9 Å². The molecule has 0 aromatic heterocycles. The highest BCUT2D eigenvalue weighted by atomic mass is 33.2. The van der Waals surface area contributed by atoms with Crippen LogP contribution in [0.1, 0.15) is 26.2 Å². The zero-order valence-corrected chi connectivity index (χ0v) is 13.1. The number of fused-ring (bicyclic) bond motifs is 2. The Morgan fingerprint density at radius 3 is 2.83 bits per heavy atom. The summed E-state index contributed by atoms with van der Waals surface area (Å²) in [6.45, 7) is 3.24. The molecule has 5 heteroatoms. The van der Waals surface area contributed by atoms with Crippen LogP contribution in [0.25, 0.3) is 0 Å². The lowest BCUT2D eigenvalue weighted by molar-refractivity contribution is 0.213. The second kappa shape index (κ2) is 4.23. The van der Waals surface area contributed by atoms with Crippen molar-refractivity contribution in [3.63, 3.8) is 0 Å². The van der Waals surface area contributed by atoms with E-state index in [1.165, 1.54) is 25.0 Å². The van der Waals surface area contributed by atoms with Gasteiger partial charge in [0.2, 0.25) is 0 Å². The van der Waals surface area contributed by atoms with Crippen molar-refractivity contribution in [2.24, 2.45) is 11.8 Å². The zero-order valence-electron chi connectivity index (χ0n) is 11.5. The molecule has 3 fully saturated rings. The third-order valence-corrected chi connectivity index (χ3v) is 11.2. The molecule has 0 aromatic carbocycles. The number of hydrogen-bond acceptors (Lipinski definition) is 2. The fourth-order valence-corrected chi connectivity index (χ4v) is 10.0. The van der Waals surface area contributed by atoms with Crippen LogP contribution in [0, 0.1) is 11.8 Å². The molecule has 0 radical (unpaired) electrons. The standard InChI is InChI=1S/C13H24N2OS2/c1-9-5-7-17-18(2,3)10-4-6-13(11(9)10)8-14-12(16)15-13/h9-11H,4-8H2,1-3H3,(H2,14,15,16). The van der Waals surface area contributed by atoms with Gasteiger partial charge >= 0.3 is 6.03 Å². The van der Waals surface area contributed by atoms with Crippen LogP contribution in [0.5, 0.6) is 0 Å². The van der Waals surface area contributed by atoms with Gasteiger partial charge in [0.15, 0.2) is 0 Å². The van der Waals surface area contributed by atoms with Crippen molar-refractivity contribution in [3.8, 4) is 0 Å². The Kier molecular flexibility index (Phi) is 3.05. The molecule has 3 rings (SSSR count). The van der Waals surface area contributed by atoms with Crippen molar-refractivity contribution in [1.29, 1.82) is 0 Å². The SMILES string of the molecule is CC1CCSS(C)(C)C2CCC3(CNC(=O)N3)C12. The highest BCUT2D eigenvalue weighted by Gasteiger charge is 2.57. The number of nitrogens with one attached hydrogen (secondary N) is 2. The van der Waals surface area contributed by atoms with Crippen LogP contribution in [-0.4, -0.2) is 41.6 Å². The van der Waals surface area contributed by atoms with Crippen LogP contribution in [0.2, 0.25) is 0 Å². The van der Waals surface area contributed by atoms with E-state index >= 15 is 0 Å². The minimum Gasteiger partial charge on any atom is -0.336 e. The topological polar surface area (TPSA) is 41.1 Å². The molecule has 2 amide bonds. The lowest BCUT2D eigenvalue weighted by atomic mass is 9.78. The van der Waals surface area contributed by atoms with Crippen LogP contribution in [0.4, 0.5) is 4.79 Å². The summed E-state index contributed by atoms with van der Waals surface area (Å²) in [4.78, 5) is 11.6. The molecule has 2 N–H and O–H groups in total. The molecule has 2 saturated heterocycles. The smallest absolute Gasteiger partial charge is 0.315 e. The van der Waals surface area contributed by atoms with Gasteiger partial charge in [0.25, 0.3) is 0 Å². The Balaban J connectivity index is 1.95. The summed E-state index contributed by atoms with van der Waals surface area (Å²) in [5.74, 6) is 2.71. The van der Waals surface area contributed by atoms with Crippen LogP contribution >= 0.6 is 19.9 Å². The third-order valence-electron chi connectivity index (χ3n) is 5.14. The van der Waals surface area contributed by atoms with E-state index in [1.807, 2.05) is 0 Å². The summed E-state index contributed by atoms with van der Waals surface area (Å²) in [7, 11) is 1.64. The Morgan fingerprint density at radius 1 is 1.39 bits per heavy atom. The van der Waals surface area contributed by atoms with Gasteiger partial charge in [0.05, 0.1) is 5.54 Å². The Bertz CT molecular complexity index is 374. The first kappa shape index (κ1) is 13.0. The third kappa shape index (κ3) is 1.85. The summed E-state index contributed by atoms with van der Waals surface area (Å²) in [6, 6.07) is 0.0487. The fraction of sp³-hybridized carbons (Fsp3) is 0.923. The molecular weight excluding hydrogens is 264 g/mol. The highest BCUT2D eigenvalue weighted by Crippen LogP contribution is 2.68. The van der Waals surface area contributed by atoms with Crippen LogP contribution in [0.3, 0.4) is 0 Å². The number of urea groups is 1. The van der Waals surface area contributed by atoms with Gasteiger partial charge in [-0.15, -0.1) is 10.8 Å². The summed E-state index contributed by atoms with van der Waals surface area (Å²) >= 11 is 0. The van der Waals surface area contributed by atoms with E-state index in [0.717, 1.165) is 17.7 Å². The Morgan fingerprint density at radius 2 is 2.17 bits per heavy atom. The van der Waals surface area contributed by atoms with E-state index in [-0.39, 0.29) is 11.6 Å². The summed E-state index contributed by atoms with van der Waals surface area (Å²) in [5, 5.41) is 7.10. The maximum atomic E-state index is 11.6. The van der Waals surface area contributed by atoms with Crippen LogP contribution < -0.4 is 10.6 Å². The maximum Gasteiger partial charge on any atom is 0.315 e. The first-order valence-electron chi connectivity index (χ1n) is 6.87. The average Bonchev–Trinajstić information content (AvgIpc) is 2.80. The van der Waals surface area contributed by atoms with E-state index in [4.69, 9.17) is 0 Å². The molecule has 104 valence electrons. The molecule has 2 aliphatic heterocycles. The summed E-state index contributed by atoms with van der Waals surface area (Å²) in [5.41, 5.74) is 0.0658. The molecular formula is C13H24N2OS2. The minimum absolute atomic E-state index is 0.0487. The van der Waals surface area contributed by atoms with E-state index in [9.17, 15) is 4.79 Å². The van der Waals surface area contributed by atoms with Crippen molar-refractivity contribution < 1.29 is 4.79 Å². The zero-order chi connectivity index (χ0) is 13.0. The largest absolute Gasteiger partial charge is 0.336 e. The normalized spacial score (nSPS) is 48.2. The van der Waals surface area contributed by atoms with Crippen molar-refractivity contribution >= 4 is 25.9 Å². The number of rotatable bonds is 0. The summed E-state index contributed by atoms with van der Waals surface area (Å²) < 4.78 is 0. The van der Waals surface area contributed by atoms with Gasteiger partial charge in [-0.1, -0.05) is 6.92 Å². The lowest BCUT2D eigenvalue weighted by Gasteiger charge is -2.43. The van der Waals surface area contributed by atoms with Gasteiger partial charge in [-0.25, -0.2) is 4.79 Å². The minimum atomic E-state index is -0.573. The Labute approximate surface area is 115 Å². The van der Waals surface area contributed by atoms with Gasteiger partial charge in [-0.2, -0.15) is 9.06 Å². The molecule has 1 saturated carbocycles. The van der Waals surface area contributed by atoms with Crippen molar-refractivity contribution in [3.05, 3.63) is 0 Å². The van der Waals surface area contributed by atoms with Crippen LogP contribution in [0.15, 0.2) is 0 Å². The molecule has 3 aliphatic rings. The predicted octanol–water partition coefficient (Wildman–Crippen LogP) is 2.57. The monoisotopic (exact) mass is 288 g/mol. The van der Waals surface area contributed by atoms with Gasteiger partial charge < -0.3 is 10.6 Å². The average molecular weight is 288 g/mol. The summed E-state index contributed by atoms with van der Waals surface area (Å²) in [6.07, 6.45) is 8.74. The number of hydrogen-bond donors (Lipinski definition) is 2. The van der Waals surface area contributed by atoms with Crippen molar-refractivity contribution in [1.82, 2.24) is 10.6 Å². The highest BCUT2D eigenvalue weighted by molar-refractivity contribution is 8.94. The second-order valence-electron chi connectivity index (χ2n) is 6.46. The number of carbonyl (C=O) groups excluding carboxylic acids is 1. The molecule has 18 heavy (non-hydrogen) atoms. The van der Waals surface area contributed by atoms with Gasteiger partial charge in [0.1, 0.15) is 0 Å². The number of amides is 2. The molecule has 1 spiro atoms. The fourth-order valence-electron chi connectivity index (χ4n) is 4.27. The molecule has 3 nitrogen and oxygen atoms in total. The van der Waals surface area contributed by atoms with Crippen LogP contribution in [-0.2, 0) is 0 Å². The van der Waals surface area contributed by atoms with Crippen molar-refractivity contribution in [2.75, 3.05) is 24.8 Å².